The van der Waals surface area contributed by atoms with Crippen LogP contribution in [0.1, 0.15) is 28.4 Å². The van der Waals surface area contributed by atoms with E-state index in [4.69, 9.17) is 5.73 Å². The van der Waals surface area contributed by atoms with E-state index in [9.17, 15) is 0 Å². The summed E-state index contributed by atoms with van der Waals surface area (Å²) in [7, 11) is 0. The third kappa shape index (κ3) is 4.67. The fourth-order valence-corrected chi connectivity index (χ4v) is 3.15. The van der Waals surface area contributed by atoms with E-state index in [0.717, 1.165) is 19.0 Å². The minimum Gasteiger partial charge on any atom is -0.330 e. The van der Waals surface area contributed by atoms with E-state index in [1.807, 2.05) is 11.3 Å². The maximum Gasteiger partial charge on any atom is 0.107 e. The average molecular weight is 312 g/mol. The van der Waals surface area contributed by atoms with Crippen LogP contribution in [0.4, 0.5) is 0 Å². The zero-order valence-electron chi connectivity index (χ0n) is 11.0. The van der Waals surface area contributed by atoms with Crippen LogP contribution in [0.3, 0.4) is 0 Å². The zero-order chi connectivity index (χ0) is 11.5. The van der Waals surface area contributed by atoms with Crippen molar-refractivity contribution < 1.29 is 0 Å². The van der Waals surface area contributed by atoms with Crippen LogP contribution in [0.25, 0.3) is 0 Å². The Morgan fingerprint density at radius 1 is 1.28 bits per heavy atom. The van der Waals surface area contributed by atoms with Gasteiger partial charge in [0, 0.05) is 4.88 Å². The summed E-state index contributed by atoms with van der Waals surface area (Å²) in [6.45, 7) is 8.48. The first-order valence-corrected chi connectivity index (χ1v) is 6.86. The zero-order valence-corrected chi connectivity index (χ0v) is 13.5. The van der Waals surface area contributed by atoms with Crippen LogP contribution in [0.15, 0.2) is 0 Å². The minimum absolute atomic E-state index is 0. The molecule has 1 aromatic rings. The van der Waals surface area contributed by atoms with Gasteiger partial charge in [0.15, 0.2) is 0 Å². The normalized spacial score (nSPS) is 17.1. The fraction of sp³-hybridized carbons (Fsp3) is 0.750. The van der Waals surface area contributed by atoms with Gasteiger partial charge in [-0.1, -0.05) is 0 Å². The number of thiazole rings is 1. The molecule has 3 nitrogen and oxygen atoms in total. The topological polar surface area (TPSA) is 42.2 Å². The van der Waals surface area contributed by atoms with E-state index in [2.05, 4.69) is 23.7 Å². The van der Waals surface area contributed by atoms with Crippen LogP contribution in [-0.2, 0) is 6.54 Å². The third-order valence-electron chi connectivity index (χ3n) is 3.47. The van der Waals surface area contributed by atoms with Gasteiger partial charge in [-0.05, 0) is 52.2 Å². The Labute approximate surface area is 126 Å². The first kappa shape index (κ1) is 18.1. The molecule has 2 N–H and O–H groups in total. The summed E-state index contributed by atoms with van der Waals surface area (Å²) in [4.78, 5) is 8.45. The molecule has 1 fully saturated rings. The summed E-state index contributed by atoms with van der Waals surface area (Å²) in [5.74, 6) is 0.746. The number of aryl methyl sites for hydroxylation is 2. The number of nitrogens with two attached hydrogens (primary N) is 1. The number of likely N-dealkylation sites (tertiary alicyclic amines) is 1. The highest BCUT2D eigenvalue weighted by Crippen LogP contribution is 2.21. The fourth-order valence-electron chi connectivity index (χ4n) is 2.18. The van der Waals surface area contributed by atoms with Crippen LogP contribution in [0, 0.1) is 19.8 Å². The predicted molar refractivity (Wildman–Crippen MR) is 83.1 cm³/mol. The lowest BCUT2D eigenvalue weighted by atomic mass is 9.97. The van der Waals surface area contributed by atoms with Crippen LogP contribution in [0.5, 0.6) is 0 Å². The maximum absolute atomic E-state index is 5.70. The lowest BCUT2D eigenvalue weighted by Crippen LogP contribution is -2.35. The molecule has 0 bridgehead atoms. The second-order valence-corrected chi connectivity index (χ2v) is 5.99. The summed E-state index contributed by atoms with van der Waals surface area (Å²) < 4.78 is 0. The molecule has 0 aliphatic carbocycles. The molecule has 1 aromatic heterocycles. The highest BCUT2D eigenvalue weighted by atomic mass is 35.5. The van der Waals surface area contributed by atoms with Crippen LogP contribution in [0.2, 0.25) is 0 Å². The van der Waals surface area contributed by atoms with Crippen molar-refractivity contribution in [2.75, 3.05) is 19.6 Å². The van der Waals surface area contributed by atoms with Gasteiger partial charge >= 0.3 is 0 Å². The number of hydrogen-bond acceptors (Lipinski definition) is 4. The molecule has 1 aliphatic rings. The molecule has 0 atom stereocenters. The molecule has 18 heavy (non-hydrogen) atoms. The van der Waals surface area contributed by atoms with Gasteiger partial charge in [-0.2, -0.15) is 0 Å². The van der Waals surface area contributed by atoms with E-state index in [1.54, 1.807) is 0 Å². The van der Waals surface area contributed by atoms with Crippen molar-refractivity contribution in [1.82, 2.24) is 9.88 Å². The van der Waals surface area contributed by atoms with E-state index in [0.29, 0.717) is 0 Å². The molecule has 2 heterocycles. The number of aromatic nitrogens is 1. The van der Waals surface area contributed by atoms with Gasteiger partial charge in [-0.25, -0.2) is 4.98 Å². The van der Waals surface area contributed by atoms with E-state index in [1.165, 1.54) is 41.5 Å². The van der Waals surface area contributed by atoms with E-state index >= 15 is 0 Å². The van der Waals surface area contributed by atoms with Gasteiger partial charge in [-0.15, -0.1) is 36.2 Å². The molecule has 0 saturated carbocycles. The lowest BCUT2D eigenvalue weighted by Gasteiger charge is -2.30. The summed E-state index contributed by atoms with van der Waals surface area (Å²) in [6, 6.07) is 0. The SMILES string of the molecule is Cc1nc(CN2CCC(CN)CC2)sc1C.Cl.Cl. The first-order valence-electron chi connectivity index (χ1n) is 6.04. The molecular formula is C12H23Cl2N3S. The molecule has 6 heteroatoms. The highest BCUT2D eigenvalue weighted by Gasteiger charge is 2.18. The molecule has 1 saturated heterocycles. The Kier molecular flexibility index (Phi) is 8.39. The molecule has 0 unspecified atom stereocenters. The third-order valence-corrected chi connectivity index (χ3v) is 4.53. The van der Waals surface area contributed by atoms with Gasteiger partial charge in [0.25, 0.3) is 0 Å². The van der Waals surface area contributed by atoms with Gasteiger partial charge in [0.2, 0.25) is 0 Å². The van der Waals surface area contributed by atoms with Crippen molar-refractivity contribution >= 4 is 36.2 Å². The van der Waals surface area contributed by atoms with Crippen LogP contribution < -0.4 is 5.73 Å². The Morgan fingerprint density at radius 3 is 2.33 bits per heavy atom. The van der Waals surface area contributed by atoms with E-state index in [-0.39, 0.29) is 24.8 Å². The summed E-state index contributed by atoms with van der Waals surface area (Å²) in [5.41, 5.74) is 6.89. The van der Waals surface area contributed by atoms with Crippen molar-refractivity contribution in [3.05, 3.63) is 15.6 Å². The minimum atomic E-state index is 0. The summed E-state index contributed by atoms with van der Waals surface area (Å²) >= 11 is 1.84. The monoisotopic (exact) mass is 311 g/mol. The number of piperidine rings is 1. The van der Waals surface area contributed by atoms with Gasteiger partial charge in [-0.3, -0.25) is 4.90 Å². The molecule has 106 valence electrons. The van der Waals surface area contributed by atoms with Crippen molar-refractivity contribution in [3.63, 3.8) is 0 Å². The van der Waals surface area contributed by atoms with Crippen molar-refractivity contribution in [1.29, 1.82) is 0 Å². The van der Waals surface area contributed by atoms with Crippen LogP contribution >= 0.6 is 36.2 Å². The molecule has 2 rings (SSSR count). The molecule has 0 aromatic carbocycles. The average Bonchev–Trinajstić information content (AvgIpc) is 2.59. The van der Waals surface area contributed by atoms with Crippen molar-refractivity contribution in [2.24, 2.45) is 11.7 Å². The molecule has 0 spiro atoms. The predicted octanol–water partition coefficient (Wildman–Crippen LogP) is 2.77. The largest absolute Gasteiger partial charge is 0.330 e. The number of nitrogens with zero attached hydrogens (tertiary/aromatic N) is 2. The Bertz CT molecular complexity index is 330. The van der Waals surface area contributed by atoms with Gasteiger partial charge in [0.1, 0.15) is 5.01 Å². The Morgan fingerprint density at radius 2 is 1.89 bits per heavy atom. The molecule has 0 amide bonds. The molecule has 0 radical (unpaired) electrons. The standard InChI is InChI=1S/C12H21N3S.2ClH/c1-9-10(2)16-12(14-9)8-15-5-3-11(7-13)4-6-15;;/h11H,3-8,13H2,1-2H3;2*1H. The number of rotatable bonds is 3. The summed E-state index contributed by atoms with van der Waals surface area (Å²) in [5, 5.41) is 1.26. The van der Waals surface area contributed by atoms with Gasteiger partial charge in [0.05, 0.1) is 12.2 Å². The quantitative estimate of drug-likeness (QED) is 0.933. The smallest absolute Gasteiger partial charge is 0.107 e. The lowest BCUT2D eigenvalue weighted by molar-refractivity contribution is 0.180. The van der Waals surface area contributed by atoms with Crippen molar-refractivity contribution in [3.8, 4) is 0 Å². The summed E-state index contributed by atoms with van der Waals surface area (Å²) in [6.07, 6.45) is 2.50. The maximum atomic E-state index is 5.70. The Balaban J connectivity index is 0.00000144. The second kappa shape index (κ2) is 8.33. The highest BCUT2D eigenvalue weighted by molar-refractivity contribution is 7.11. The molecular weight excluding hydrogens is 289 g/mol. The Hall–Kier alpha value is 0.130. The molecule has 1 aliphatic heterocycles. The van der Waals surface area contributed by atoms with E-state index < -0.39 is 0 Å². The van der Waals surface area contributed by atoms with Crippen molar-refractivity contribution in [2.45, 2.75) is 33.2 Å². The number of halogens is 2. The first-order chi connectivity index (χ1) is 7.69. The second-order valence-electron chi connectivity index (χ2n) is 4.70. The van der Waals surface area contributed by atoms with Gasteiger partial charge < -0.3 is 5.73 Å². The number of hydrogen-bond donors (Lipinski definition) is 1. The van der Waals surface area contributed by atoms with Crippen LogP contribution in [-0.4, -0.2) is 29.5 Å².